The van der Waals surface area contributed by atoms with E-state index >= 15 is 0 Å². The monoisotopic (exact) mass is 314 g/mol. The number of nitrogens with one attached hydrogen (secondary N) is 2. The van der Waals surface area contributed by atoms with Crippen molar-refractivity contribution in [3.05, 3.63) is 0 Å². The number of amides is 2. The Hall–Kier alpha value is -1.14. The highest BCUT2D eigenvalue weighted by atomic mass is 16.3. The van der Waals surface area contributed by atoms with Gasteiger partial charge in [0.05, 0.1) is 6.61 Å². The fourth-order valence-electron chi connectivity index (χ4n) is 2.58. The van der Waals surface area contributed by atoms with Crippen LogP contribution in [0, 0.1) is 11.3 Å². The Labute approximate surface area is 132 Å². The lowest BCUT2D eigenvalue weighted by atomic mass is 9.87. The first-order valence-electron chi connectivity index (χ1n) is 8.20. The number of aliphatic hydroxyl groups is 2. The molecule has 0 aliphatic heterocycles. The van der Waals surface area contributed by atoms with Crippen molar-refractivity contribution >= 4 is 11.8 Å². The van der Waals surface area contributed by atoms with Gasteiger partial charge in [-0.3, -0.25) is 9.59 Å². The van der Waals surface area contributed by atoms with E-state index in [0.29, 0.717) is 12.5 Å². The molecule has 0 aromatic heterocycles. The van der Waals surface area contributed by atoms with Crippen LogP contribution in [-0.4, -0.2) is 47.8 Å². The number of carbonyl (C=O) groups is 2. The number of rotatable bonds is 8. The van der Waals surface area contributed by atoms with Crippen LogP contribution in [0.15, 0.2) is 0 Å². The molecule has 1 fully saturated rings. The Balaban J connectivity index is 2.17. The smallest absolute Gasteiger partial charge is 0.249 e. The number of hydrogen-bond donors (Lipinski definition) is 4. The lowest BCUT2D eigenvalue weighted by molar-refractivity contribution is -0.137. The molecule has 1 atom stereocenters. The van der Waals surface area contributed by atoms with Crippen LogP contribution in [0.3, 0.4) is 0 Å². The summed E-state index contributed by atoms with van der Waals surface area (Å²) in [6, 6.07) is 0. The van der Waals surface area contributed by atoms with Crippen molar-refractivity contribution in [3.63, 3.8) is 0 Å². The second-order valence-corrected chi connectivity index (χ2v) is 6.90. The molecule has 6 heteroatoms. The first-order chi connectivity index (χ1) is 10.4. The summed E-state index contributed by atoms with van der Waals surface area (Å²) in [5.41, 5.74) is -0.896. The molecule has 0 spiro atoms. The molecule has 2 amide bonds. The van der Waals surface area contributed by atoms with Gasteiger partial charge in [0.15, 0.2) is 0 Å². The third kappa shape index (κ3) is 6.32. The molecule has 22 heavy (non-hydrogen) atoms. The Bertz CT molecular complexity index is 365. The highest BCUT2D eigenvalue weighted by Gasteiger charge is 2.32. The lowest BCUT2D eigenvalue weighted by Crippen LogP contribution is -2.46. The molecular formula is C16H30N2O4. The van der Waals surface area contributed by atoms with Crippen LogP contribution in [0.1, 0.15) is 52.4 Å². The Morgan fingerprint density at radius 3 is 2.41 bits per heavy atom. The zero-order chi connectivity index (χ0) is 16.6. The quantitative estimate of drug-likeness (QED) is 0.526. The Morgan fingerprint density at radius 1 is 1.18 bits per heavy atom. The molecule has 0 bridgehead atoms. The summed E-state index contributed by atoms with van der Waals surface area (Å²) in [6.07, 6.45) is 5.06. The Morgan fingerprint density at radius 2 is 1.82 bits per heavy atom. The van der Waals surface area contributed by atoms with Crippen molar-refractivity contribution in [3.8, 4) is 0 Å². The summed E-state index contributed by atoms with van der Waals surface area (Å²) >= 11 is 0. The minimum atomic E-state index is -1.29. The summed E-state index contributed by atoms with van der Waals surface area (Å²) < 4.78 is 0. The third-order valence-electron chi connectivity index (χ3n) is 4.36. The molecule has 1 saturated carbocycles. The first-order valence-corrected chi connectivity index (χ1v) is 8.20. The van der Waals surface area contributed by atoms with Gasteiger partial charge in [-0.15, -0.1) is 0 Å². The van der Waals surface area contributed by atoms with Crippen LogP contribution < -0.4 is 10.6 Å². The number of aliphatic hydroxyl groups excluding tert-OH is 2. The fourth-order valence-corrected chi connectivity index (χ4v) is 2.58. The van der Waals surface area contributed by atoms with Crippen LogP contribution in [-0.2, 0) is 9.59 Å². The van der Waals surface area contributed by atoms with Crippen molar-refractivity contribution in [1.82, 2.24) is 10.6 Å². The number of carbonyl (C=O) groups excluding carboxylic acids is 2. The highest BCUT2D eigenvalue weighted by molar-refractivity contribution is 5.82. The molecule has 1 rings (SSSR count). The predicted molar refractivity (Wildman–Crippen MR) is 84.1 cm³/mol. The van der Waals surface area contributed by atoms with Gasteiger partial charge in [-0.25, -0.2) is 0 Å². The summed E-state index contributed by atoms with van der Waals surface area (Å²) in [7, 11) is 0. The van der Waals surface area contributed by atoms with E-state index in [2.05, 4.69) is 10.6 Å². The van der Waals surface area contributed by atoms with Gasteiger partial charge in [-0.2, -0.15) is 0 Å². The summed E-state index contributed by atoms with van der Waals surface area (Å²) in [6.45, 7) is 3.83. The van der Waals surface area contributed by atoms with E-state index in [1.165, 1.54) is 32.1 Å². The Kier molecular flexibility index (Phi) is 7.82. The molecule has 0 saturated heterocycles. The van der Waals surface area contributed by atoms with Crippen LogP contribution in [0.25, 0.3) is 0 Å². The molecule has 6 nitrogen and oxygen atoms in total. The van der Waals surface area contributed by atoms with Crippen molar-refractivity contribution in [2.45, 2.75) is 58.5 Å². The van der Waals surface area contributed by atoms with E-state index in [0.717, 1.165) is 0 Å². The largest absolute Gasteiger partial charge is 0.396 e. The topological polar surface area (TPSA) is 98.7 Å². The minimum Gasteiger partial charge on any atom is -0.396 e. The van der Waals surface area contributed by atoms with E-state index in [4.69, 9.17) is 5.11 Å². The van der Waals surface area contributed by atoms with Gasteiger partial charge in [0.2, 0.25) is 11.8 Å². The average Bonchev–Trinajstić information content (AvgIpc) is 2.53. The number of hydrogen-bond acceptors (Lipinski definition) is 4. The van der Waals surface area contributed by atoms with Gasteiger partial charge in [-0.05, 0) is 18.8 Å². The van der Waals surface area contributed by atoms with Gasteiger partial charge in [0.25, 0.3) is 0 Å². The van der Waals surface area contributed by atoms with E-state index in [1.54, 1.807) is 13.8 Å². The van der Waals surface area contributed by atoms with Crippen molar-refractivity contribution in [2.75, 3.05) is 19.7 Å². The van der Waals surface area contributed by atoms with Gasteiger partial charge >= 0.3 is 0 Å². The SMILES string of the molecule is CC(C)(CO)[C@@H](O)C(=O)NCCC(=O)NCC1CCCCC1. The van der Waals surface area contributed by atoms with Crippen molar-refractivity contribution < 1.29 is 19.8 Å². The van der Waals surface area contributed by atoms with E-state index < -0.39 is 17.4 Å². The maximum atomic E-state index is 11.7. The molecule has 1 aliphatic carbocycles. The highest BCUT2D eigenvalue weighted by Crippen LogP contribution is 2.22. The van der Waals surface area contributed by atoms with Crippen LogP contribution in [0.4, 0.5) is 0 Å². The van der Waals surface area contributed by atoms with Crippen molar-refractivity contribution in [1.29, 1.82) is 0 Å². The second-order valence-electron chi connectivity index (χ2n) is 6.90. The van der Waals surface area contributed by atoms with Gasteiger partial charge in [-0.1, -0.05) is 33.1 Å². The zero-order valence-corrected chi connectivity index (χ0v) is 13.7. The van der Waals surface area contributed by atoms with E-state index in [-0.39, 0.29) is 25.5 Å². The molecule has 0 unspecified atom stereocenters. The van der Waals surface area contributed by atoms with Crippen LogP contribution in [0.2, 0.25) is 0 Å². The molecule has 0 aromatic rings. The zero-order valence-electron chi connectivity index (χ0n) is 13.7. The molecule has 0 radical (unpaired) electrons. The molecule has 0 heterocycles. The van der Waals surface area contributed by atoms with Gasteiger partial charge in [0, 0.05) is 24.9 Å². The second kappa shape index (κ2) is 9.10. The van der Waals surface area contributed by atoms with E-state index in [9.17, 15) is 14.7 Å². The van der Waals surface area contributed by atoms with E-state index in [1.807, 2.05) is 0 Å². The molecular weight excluding hydrogens is 284 g/mol. The standard InChI is InChI=1S/C16H30N2O4/c1-16(2,11-19)14(21)15(22)17-9-8-13(20)18-10-12-6-4-3-5-7-12/h12,14,19,21H,3-11H2,1-2H3,(H,17,22)(H,18,20)/t14-/m0/s1. The minimum absolute atomic E-state index is 0.0817. The maximum absolute atomic E-state index is 11.7. The molecule has 1 aliphatic rings. The predicted octanol–water partition coefficient (Wildman–Crippen LogP) is 0.569. The molecule has 0 aromatic carbocycles. The average molecular weight is 314 g/mol. The third-order valence-corrected chi connectivity index (χ3v) is 4.36. The summed E-state index contributed by atoms with van der Waals surface area (Å²) in [5.74, 6) is -0.0552. The first kappa shape index (κ1) is 18.9. The van der Waals surface area contributed by atoms with Gasteiger partial charge in [0.1, 0.15) is 6.10 Å². The maximum Gasteiger partial charge on any atom is 0.249 e. The summed E-state index contributed by atoms with van der Waals surface area (Å²) in [4.78, 5) is 23.5. The fraction of sp³-hybridized carbons (Fsp3) is 0.875. The lowest BCUT2D eigenvalue weighted by Gasteiger charge is -2.27. The molecule has 128 valence electrons. The van der Waals surface area contributed by atoms with Crippen LogP contribution >= 0.6 is 0 Å². The van der Waals surface area contributed by atoms with Crippen LogP contribution in [0.5, 0.6) is 0 Å². The summed E-state index contributed by atoms with van der Waals surface area (Å²) in [5, 5.41) is 24.4. The van der Waals surface area contributed by atoms with Gasteiger partial charge < -0.3 is 20.8 Å². The normalized spacial score (nSPS) is 17.8. The molecule has 4 N–H and O–H groups in total. The van der Waals surface area contributed by atoms with Crippen molar-refractivity contribution in [2.24, 2.45) is 11.3 Å².